The molecule has 0 aliphatic carbocycles. The number of carbonyl (C=O) groups excluding carboxylic acids is 3. The lowest BCUT2D eigenvalue weighted by molar-refractivity contribution is -0.153. The van der Waals surface area contributed by atoms with Crippen LogP contribution >= 0.6 is 0 Å². The van der Waals surface area contributed by atoms with E-state index in [1.165, 1.54) is 77.0 Å². The molecular formula is C51H90N4O5. The molecule has 9 nitrogen and oxygen atoms in total. The van der Waals surface area contributed by atoms with Crippen LogP contribution in [0.2, 0.25) is 0 Å². The maximum atomic E-state index is 13.5. The third-order valence-corrected chi connectivity index (χ3v) is 11.7. The zero-order valence-corrected chi connectivity index (χ0v) is 39.1. The molecule has 60 heavy (non-hydrogen) atoms. The smallest absolute Gasteiger partial charge is 0.329 e. The lowest BCUT2D eigenvalue weighted by Gasteiger charge is -2.35. The first-order chi connectivity index (χ1) is 29.3. The SMILES string of the molecule is CCCCC/C=C\C/C=C\CCCCCCCCOC(=O)C1CC(OC(=O)CCN2CCN(CN(C)C)CC2)CN1C(=O)CCCCCCC/C=C\C/C=C\CCCCC. The molecule has 0 aromatic carbocycles. The number of piperazine rings is 1. The highest BCUT2D eigenvalue weighted by molar-refractivity contribution is 5.85. The first-order valence-corrected chi connectivity index (χ1v) is 24.7. The highest BCUT2D eigenvalue weighted by Crippen LogP contribution is 2.24. The van der Waals surface area contributed by atoms with E-state index in [1.54, 1.807) is 4.90 Å². The van der Waals surface area contributed by atoms with Crippen LogP contribution in [0.15, 0.2) is 48.6 Å². The first kappa shape index (κ1) is 53.4. The van der Waals surface area contributed by atoms with Crippen molar-refractivity contribution in [1.29, 1.82) is 0 Å². The summed E-state index contributed by atoms with van der Waals surface area (Å²) in [5.41, 5.74) is 0. The van der Waals surface area contributed by atoms with Crippen LogP contribution in [0.4, 0.5) is 0 Å². The Labute approximate surface area is 368 Å². The first-order valence-electron chi connectivity index (χ1n) is 24.7. The molecule has 0 radical (unpaired) electrons. The molecule has 2 unspecified atom stereocenters. The second-order valence-electron chi connectivity index (χ2n) is 17.6. The van der Waals surface area contributed by atoms with Crippen LogP contribution in [0.3, 0.4) is 0 Å². The number of rotatable bonds is 36. The van der Waals surface area contributed by atoms with E-state index in [1.807, 2.05) is 0 Å². The standard InChI is InChI=1S/C51H90N4O5/c1-5-7-9-11-13-15-17-19-21-23-25-27-29-31-33-35-43-59-51(58)48-44-47(60-50(57)37-38-53-39-41-54(42-40-53)46-52(3)4)45-55(48)49(56)36-34-32-30-28-26-24-22-20-18-16-14-12-10-8-6-2/h13-16,19-22,47-48H,5-12,17-18,23-46H2,1-4H3/b15-13-,16-14-,21-19-,22-20-. The highest BCUT2D eigenvalue weighted by atomic mass is 16.5. The fraction of sp³-hybridized carbons (Fsp3) is 0.784. The van der Waals surface area contributed by atoms with E-state index in [-0.39, 0.29) is 24.4 Å². The molecule has 2 heterocycles. The van der Waals surface area contributed by atoms with Gasteiger partial charge in [-0.3, -0.25) is 19.4 Å². The number of allylic oxidation sites excluding steroid dienone is 8. The minimum atomic E-state index is -0.692. The van der Waals surface area contributed by atoms with E-state index in [0.29, 0.717) is 32.4 Å². The Kier molecular flexibility index (Phi) is 32.8. The minimum absolute atomic E-state index is 0.0366. The van der Waals surface area contributed by atoms with E-state index < -0.39 is 12.1 Å². The summed E-state index contributed by atoms with van der Waals surface area (Å²) in [5.74, 6) is -0.655. The maximum Gasteiger partial charge on any atom is 0.329 e. The van der Waals surface area contributed by atoms with Crippen molar-refractivity contribution in [1.82, 2.24) is 19.6 Å². The van der Waals surface area contributed by atoms with Gasteiger partial charge >= 0.3 is 11.9 Å². The van der Waals surface area contributed by atoms with E-state index in [9.17, 15) is 14.4 Å². The van der Waals surface area contributed by atoms with Crippen molar-refractivity contribution in [3.05, 3.63) is 48.6 Å². The van der Waals surface area contributed by atoms with Crippen LogP contribution < -0.4 is 0 Å². The van der Waals surface area contributed by atoms with Crippen molar-refractivity contribution in [2.75, 3.05) is 66.6 Å². The summed E-state index contributed by atoms with van der Waals surface area (Å²) in [6, 6.07) is -0.692. The van der Waals surface area contributed by atoms with Crippen molar-refractivity contribution in [3.8, 4) is 0 Å². The Balaban J connectivity index is 1.70. The molecule has 344 valence electrons. The maximum absolute atomic E-state index is 13.5. The van der Waals surface area contributed by atoms with Gasteiger partial charge in [0.15, 0.2) is 0 Å². The van der Waals surface area contributed by atoms with Gasteiger partial charge in [-0.25, -0.2) is 4.79 Å². The molecule has 9 heteroatoms. The molecule has 0 saturated carbocycles. The molecule has 0 N–H and O–H groups in total. The van der Waals surface area contributed by atoms with Crippen molar-refractivity contribution in [3.63, 3.8) is 0 Å². The third kappa shape index (κ3) is 28.0. The molecule has 2 rings (SSSR count). The summed E-state index contributed by atoms with van der Waals surface area (Å²) in [6.45, 7) is 10.6. The number of hydrogen-bond donors (Lipinski definition) is 0. The van der Waals surface area contributed by atoms with Crippen molar-refractivity contribution in [2.24, 2.45) is 0 Å². The molecule has 2 aliphatic heterocycles. The topological polar surface area (TPSA) is 82.6 Å². The second-order valence-corrected chi connectivity index (χ2v) is 17.6. The number of unbranched alkanes of at least 4 members (excludes halogenated alkanes) is 17. The van der Waals surface area contributed by atoms with Gasteiger partial charge in [0.05, 0.1) is 26.2 Å². The minimum Gasteiger partial charge on any atom is -0.464 e. The summed E-state index contributed by atoms with van der Waals surface area (Å²) in [5, 5.41) is 0. The van der Waals surface area contributed by atoms with Crippen LogP contribution in [-0.4, -0.2) is 116 Å². The molecular weight excluding hydrogens is 749 g/mol. The van der Waals surface area contributed by atoms with E-state index in [4.69, 9.17) is 9.47 Å². The average molecular weight is 839 g/mol. The van der Waals surface area contributed by atoms with Crippen LogP contribution in [0, 0.1) is 0 Å². The number of likely N-dealkylation sites (tertiary alicyclic amines) is 1. The number of carbonyl (C=O) groups is 3. The van der Waals surface area contributed by atoms with Gasteiger partial charge in [0.1, 0.15) is 12.1 Å². The fourth-order valence-electron chi connectivity index (χ4n) is 8.02. The van der Waals surface area contributed by atoms with Gasteiger partial charge < -0.3 is 19.3 Å². The van der Waals surface area contributed by atoms with Crippen molar-refractivity contribution < 1.29 is 23.9 Å². The Morgan fingerprint density at radius 2 is 1.07 bits per heavy atom. The quantitative estimate of drug-likeness (QED) is 0.0351. The molecule has 0 aromatic heterocycles. The molecule has 2 saturated heterocycles. The molecule has 0 spiro atoms. The van der Waals surface area contributed by atoms with Gasteiger partial charge in [-0.2, -0.15) is 0 Å². The summed E-state index contributed by atoms with van der Waals surface area (Å²) >= 11 is 0. The van der Waals surface area contributed by atoms with Gasteiger partial charge in [-0.15, -0.1) is 0 Å². The number of nitrogens with zero attached hydrogens (tertiary/aromatic N) is 4. The predicted octanol–water partition coefficient (Wildman–Crippen LogP) is 11.2. The lowest BCUT2D eigenvalue weighted by Crippen LogP contribution is -2.49. The predicted molar refractivity (Wildman–Crippen MR) is 251 cm³/mol. The van der Waals surface area contributed by atoms with Gasteiger partial charge in [0.2, 0.25) is 5.91 Å². The molecule has 2 aliphatic rings. The normalized spacial score (nSPS) is 18.1. The molecule has 0 aromatic rings. The number of esters is 2. The molecule has 1 amide bonds. The van der Waals surface area contributed by atoms with E-state index in [0.717, 1.165) is 103 Å². The number of ether oxygens (including phenoxy) is 2. The second kappa shape index (κ2) is 36.9. The van der Waals surface area contributed by atoms with Crippen LogP contribution in [0.25, 0.3) is 0 Å². The summed E-state index contributed by atoms with van der Waals surface area (Å²) in [6.07, 6.45) is 45.1. The lowest BCUT2D eigenvalue weighted by atomic mass is 10.1. The number of amides is 1. The molecule has 0 bridgehead atoms. The van der Waals surface area contributed by atoms with Gasteiger partial charge in [-0.05, 0) is 91.1 Å². The zero-order valence-electron chi connectivity index (χ0n) is 39.1. The highest BCUT2D eigenvalue weighted by Gasteiger charge is 2.42. The van der Waals surface area contributed by atoms with Crippen LogP contribution in [-0.2, 0) is 23.9 Å². The van der Waals surface area contributed by atoms with Gasteiger partial charge in [0.25, 0.3) is 0 Å². The molecule has 2 fully saturated rings. The van der Waals surface area contributed by atoms with Crippen molar-refractivity contribution >= 4 is 17.8 Å². The van der Waals surface area contributed by atoms with Gasteiger partial charge in [-0.1, -0.05) is 133 Å². The largest absolute Gasteiger partial charge is 0.464 e. The van der Waals surface area contributed by atoms with Crippen LogP contribution in [0.1, 0.15) is 181 Å². The Hall–Kier alpha value is -2.75. The summed E-state index contributed by atoms with van der Waals surface area (Å²) < 4.78 is 11.7. The van der Waals surface area contributed by atoms with Gasteiger partial charge in [0, 0.05) is 45.6 Å². The Morgan fingerprint density at radius 3 is 1.60 bits per heavy atom. The van der Waals surface area contributed by atoms with E-state index in [2.05, 4.69) is 91.3 Å². The third-order valence-electron chi connectivity index (χ3n) is 11.7. The van der Waals surface area contributed by atoms with Crippen molar-refractivity contribution in [2.45, 2.75) is 193 Å². The molecule has 2 atom stereocenters. The Bertz CT molecular complexity index is 1210. The fourth-order valence-corrected chi connectivity index (χ4v) is 8.02. The van der Waals surface area contributed by atoms with E-state index >= 15 is 0 Å². The monoisotopic (exact) mass is 839 g/mol. The summed E-state index contributed by atoms with van der Waals surface area (Å²) in [4.78, 5) is 48.5. The zero-order chi connectivity index (χ0) is 43.3. The number of hydrogen-bond acceptors (Lipinski definition) is 8. The summed E-state index contributed by atoms with van der Waals surface area (Å²) in [7, 11) is 4.17. The van der Waals surface area contributed by atoms with Crippen LogP contribution in [0.5, 0.6) is 0 Å². The Morgan fingerprint density at radius 1 is 0.583 bits per heavy atom. The average Bonchev–Trinajstić information content (AvgIpc) is 3.66.